The molecular weight excluding hydrogens is 416 g/mol. The number of piperazine rings is 1. The third-order valence-corrected chi connectivity index (χ3v) is 5.59. The standard InChI is InChI=1S/C27H34N2O4/c1-19(2)10-13-23-24(31-3)16-21(12-11-20-8-6-5-7-9-20)25(27(30)32-4)26(23)33-18-22-17-28-14-15-29-22/h5-9,11-12,16,22,28-29H,1,10,13-15,17-18H2,2-4H3/b12-11+. The van der Waals surface area contributed by atoms with Crippen LogP contribution in [0.5, 0.6) is 11.5 Å². The van der Waals surface area contributed by atoms with Crippen molar-refractivity contribution in [2.45, 2.75) is 25.8 Å². The molecule has 0 radical (unpaired) electrons. The molecule has 0 saturated carbocycles. The highest BCUT2D eigenvalue weighted by atomic mass is 16.5. The monoisotopic (exact) mass is 450 g/mol. The number of nitrogens with one attached hydrogen (secondary N) is 2. The van der Waals surface area contributed by atoms with Crippen molar-refractivity contribution in [3.05, 3.63) is 70.8 Å². The molecule has 2 N–H and O–H groups in total. The number of esters is 1. The van der Waals surface area contributed by atoms with Crippen LogP contribution in [-0.2, 0) is 11.2 Å². The van der Waals surface area contributed by atoms with Gasteiger partial charge in [-0.2, -0.15) is 0 Å². The van der Waals surface area contributed by atoms with Crippen LogP contribution in [0.25, 0.3) is 12.2 Å². The van der Waals surface area contributed by atoms with Gasteiger partial charge in [0.25, 0.3) is 0 Å². The van der Waals surface area contributed by atoms with Gasteiger partial charge < -0.3 is 24.8 Å². The van der Waals surface area contributed by atoms with Crippen molar-refractivity contribution < 1.29 is 19.0 Å². The van der Waals surface area contributed by atoms with Crippen molar-refractivity contribution in [2.24, 2.45) is 0 Å². The first-order chi connectivity index (χ1) is 16.0. The Kier molecular flexibility index (Phi) is 9.10. The molecule has 0 bridgehead atoms. The maximum atomic E-state index is 13.0. The first kappa shape index (κ1) is 24.6. The van der Waals surface area contributed by atoms with Gasteiger partial charge in [-0.15, -0.1) is 6.58 Å². The van der Waals surface area contributed by atoms with Crippen molar-refractivity contribution in [3.63, 3.8) is 0 Å². The fourth-order valence-electron chi connectivity index (χ4n) is 3.82. The number of carbonyl (C=O) groups is 1. The highest BCUT2D eigenvalue weighted by Crippen LogP contribution is 2.38. The number of hydrogen-bond acceptors (Lipinski definition) is 6. The molecule has 3 rings (SSSR count). The van der Waals surface area contributed by atoms with Gasteiger partial charge >= 0.3 is 5.97 Å². The molecule has 33 heavy (non-hydrogen) atoms. The molecule has 6 nitrogen and oxygen atoms in total. The Hall–Kier alpha value is -3.09. The maximum Gasteiger partial charge on any atom is 0.342 e. The summed E-state index contributed by atoms with van der Waals surface area (Å²) < 4.78 is 17.3. The van der Waals surface area contributed by atoms with E-state index < -0.39 is 5.97 Å². The topological polar surface area (TPSA) is 68.8 Å². The van der Waals surface area contributed by atoms with Gasteiger partial charge in [0.1, 0.15) is 23.7 Å². The molecule has 0 aromatic heterocycles. The fourth-order valence-corrected chi connectivity index (χ4v) is 3.82. The molecule has 1 heterocycles. The van der Waals surface area contributed by atoms with E-state index in [0.717, 1.165) is 42.8 Å². The molecule has 1 unspecified atom stereocenters. The lowest BCUT2D eigenvalue weighted by molar-refractivity contribution is 0.0594. The fraction of sp³-hybridized carbons (Fsp3) is 0.370. The average Bonchev–Trinajstić information content (AvgIpc) is 2.85. The normalized spacial score (nSPS) is 15.9. The maximum absolute atomic E-state index is 13.0. The van der Waals surface area contributed by atoms with Crippen molar-refractivity contribution in [1.29, 1.82) is 0 Å². The van der Waals surface area contributed by atoms with E-state index in [1.165, 1.54) is 7.11 Å². The number of ether oxygens (including phenoxy) is 3. The summed E-state index contributed by atoms with van der Waals surface area (Å²) in [7, 11) is 3.03. The summed E-state index contributed by atoms with van der Waals surface area (Å²) in [6, 6.07) is 12.0. The Balaban J connectivity index is 2.08. The molecule has 1 fully saturated rings. The van der Waals surface area contributed by atoms with Crippen molar-refractivity contribution in [1.82, 2.24) is 10.6 Å². The van der Waals surface area contributed by atoms with Crippen LogP contribution in [0.3, 0.4) is 0 Å². The predicted octanol–water partition coefficient (Wildman–Crippen LogP) is 4.10. The predicted molar refractivity (Wildman–Crippen MR) is 133 cm³/mol. The molecule has 1 aliphatic heterocycles. The second-order valence-corrected chi connectivity index (χ2v) is 8.21. The van der Waals surface area contributed by atoms with Crippen LogP contribution in [0.4, 0.5) is 0 Å². The van der Waals surface area contributed by atoms with Gasteiger partial charge in [-0.25, -0.2) is 4.79 Å². The second-order valence-electron chi connectivity index (χ2n) is 8.21. The number of carbonyl (C=O) groups excluding carboxylic acids is 1. The lowest BCUT2D eigenvalue weighted by Gasteiger charge is -2.26. The molecule has 2 aromatic carbocycles. The van der Waals surface area contributed by atoms with Gasteiger partial charge in [0.2, 0.25) is 0 Å². The van der Waals surface area contributed by atoms with Crippen LogP contribution in [0, 0.1) is 0 Å². The lowest BCUT2D eigenvalue weighted by Crippen LogP contribution is -2.51. The zero-order valence-corrected chi connectivity index (χ0v) is 19.8. The largest absolute Gasteiger partial charge is 0.496 e. The molecule has 0 aliphatic carbocycles. The highest BCUT2D eigenvalue weighted by molar-refractivity contribution is 5.99. The molecule has 2 aromatic rings. The Labute approximate surface area is 196 Å². The van der Waals surface area contributed by atoms with Gasteiger partial charge in [-0.05, 0) is 37.0 Å². The summed E-state index contributed by atoms with van der Waals surface area (Å²) in [6.45, 7) is 9.05. The zero-order valence-electron chi connectivity index (χ0n) is 19.8. The molecule has 0 amide bonds. The van der Waals surface area contributed by atoms with Crippen LogP contribution >= 0.6 is 0 Å². The molecule has 176 valence electrons. The van der Waals surface area contributed by atoms with Crippen LogP contribution in [0.1, 0.15) is 40.4 Å². The first-order valence-electron chi connectivity index (χ1n) is 11.3. The summed E-state index contributed by atoms with van der Waals surface area (Å²) in [4.78, 5) is 13.0. The van der Waals surface area contributed by atoms with Gasteiger partial charge in [0.15, 0.2) is 0 Å². The number of benzene rings is 2. The molecule has 1 aliphatic rings. The summed E-state index contributed by atoms with van der Waals surface area (Å²) in [5, 5.41) is 6.81. The smallest absolute Gasteiger partial charge is 0.342 e. The summed E-state index contributed by atoms with van der Waals surface area (Å²) in [5.41, 5.74) is 4.02. The second kappa shape index (κ2) is 12.2. The van der Waals surface area contributed by atoms with Crippen molar-refractivity contribution in [2.75, 3.05) is 40.5 Å². The van der Waals surface area contributed by atoms with Gasteiger partial charge in [0.05, 0.1) is 20.3 Å². The molecule has 1 saturated heterocycles. The van der Waals surface area contributed by atoms with Gasteiger partial charge in [0, 0.05) is 25.2 Å². The Morgan fingerprint density at radius 1 is 1.18 bits per heavy atom. The third-order valence-electron chi connectivity index (χ3n) is 5.59. The number of hydrogen-bond donors (Lipinski definition) is 2. The quantitative estimate of drug-likeness (QED) is 0.323. The minimum absolute atomic E-state index is 0.146. The first-order valence-corrected chi connectivity index (χ1v) is 11.3. The summed E-state index contributed by atoms with van der Waals surface area (Å²) in [5.74, 6) is 0.760. The van der Waals surface area contributed by atoms with Crippen LogP contribution in [0.2, 0.25) is 0 Å². The van der Waals surface area contributed by atoms with Crippen LogP contribution < -0.4 is 20.1 Å². The molecule has 0 spiro atoms. The van der Waals surface area contributed by atoms with Gasteiger partial charge in [-0.3, -0.25) is 0 Å². The minimum Gasteiger partial charge on any atom is -0.496 e. The lowest BCUT2D eigenvalue weighted by atomic mass is 9.96. The zero-order chi connectivity index (χ0) is 23.6. The Bertz CT molecular complexity index is 979. The van der Waals surface area contributed by atoms with E-state index in [2.05, 4.69) is 17.2 Å². The summed E-state index contributed by atoms with van der Waals surface area (Å²) >= 11 is 0. The van der Waals surface area contributed by atoms with E-state index in [1.807, 2.05) is 55.5 Å². The average molecular weight is 451 g/mol. The summed E-state index contributed by atoms with van der Waals surface area (Å²) in [6.07, 6.45) is 5.28. The van der Waals surface area contributed by atoms with Crippen molar-refractivity contribution in [3.8, 4) is 11.5 Å². The van der Waals surface area contributed by atoms with E-state index in [-0.39, 0.29) is 6.04 Å². The number of rotatable bonds is 10. The number of allylic oxidation sites excluding steroid dienone is 1. The minimum atomic E-state index is -0.438. The Morgan fingerprint density at radius 3 is 2.61 bits per heavy atom. The van der Waals surface area contributed by atoms with E-state index in [1.54, 1.807) is 7.11 Å². The van der Waals surface area contributed by atoms with E-state index in [0.29, 0.717) is 35.7 Å². The van der Waals surface area contributed by atoms with Gasteiger partial charge in [-0.1, -0.05) is 48.1 Å². The molecular formula is C27H34N2O4. The SMILES string of the molecule is C=C(C)CCc1c(OC)cc(/C=C/c2ccccc2)c(C(=O)OC)c1OCC1CNCCN1. The van der Waals surface area contributed by atoms with Crippen LogP contribution in [0.15, 0.2) is 48.6 Å². The molecule has 1 atom stereocenters. The highest BCUT2D eigenvalue weighted by Gasteiger charge is 2.26. The van der Waals surface area contributed by atoms with Crippen molar-refractivity contribution >= 4 is 18.1 Å². The van der Waals surface area contributed by atoms with E-state index >= 15 is 0 Å². The molecule has 6 heteroatoms. The van der Waals surface area contributed by atoms with E-state index in [4.69, 9.17) is 14.2 Å². The number of methoxy groups -OCH3 is 2. The Morgan fingerprint density at radius 2 is 1.97 bits per heavy atom. The third kappa shape index (κ3) is 6.70. The van der Waals surface area contributed by atoms with Crippen LogP contribution in [-0.4, -0.2) is 52.5 Å². The van der Waals surface area contributed by atoms with E-state index in [9.17, 15) is 4.79 Å².